The van der Waals surface area contributed by atoms with Gasteiger partial charge in [-0.15, -0.1) is 0 Å². The number of alkyl halides is 1. The molecule has 3 atom stereocenters. The van der Waals surface area contributed by atoms with E-state index in [0.29, 0.717) is 35.4 Å². The number of nitrogens with one attached hydrogen (secondary N) is 1. The van der Waals surface area contributed by atoms with Gasteiger partial charge in [0.15, 0.2) is 23.5 Å². The van der Waals surface area contributed by atoms with Crippen molar-refractivity contribution in [2.45, 2.75) is 71.4 Å². The van der Waals surface area contributed by atoms with Gasteiger partial charge in [0.05, 0.1) is 65.9 Å². The maximum absolute atomic E-state index is 14.2. The summed E-state index contributed by atoms with van der Waals surface area (Å²) in [4.78, 5) is 74.6. The molecular formula is C48H50IN5O10. The highest BCUT2D eigenvalue weighted by atomic mass is 127. The Kier molecular flexibility index (Phi) is 14.6. The van der Waals surface area contributed by atoms with Crippen LogP contribution < -0.4 is 24.4 Å². The smallest absolute Gasteiger partial charge is 0.416 e. The van der Waals surface area contributed by atoms with E-state index in [1.54, 1.807) is 53.7 Å². The van der Waals surface area contributed by atoms with Crippen molar-refractivity contribution in [1.29, 1.82) is 0 Å². The zero-order chi connectivity index (χ0) is 45.5. The number of fused-ring (bicyclic) bond motifs is 4. The third-order valence-electron chi connectivity index (χ3n) is 11.1. The number of benzene rings is 3. The average molecular weight is 984 g/mol. The lowest BCUT2D eigenvalue weighted by Crippen LogP contribution is -2.50. The van der Waals surface area contributed by atoms with Crippen molar-refractivity contribution < 1.29 is 48.0 Å². The quantitative estimate of drug-likeness (QED) is 0.0859. The van der Waals surface area contributed by atoms with Crippen LogP contribution in [0, 0.1) is 6.92 Å². The van der Waals surface area contributed by atoms with E-state index in [2.05, 4.69) is 10.3 Å². The maximum atomic E-state index is 14.2. The number of aryl methyl sites for hydroxylation is 1. The van der Waals surface area contributed by atoms with E-state index < -0.39 is 24.3 Å². The van der Waals surface area contributed by atoms with E-state index in [-0.39, 0.29) is 90.0 Å². The maximum Gasteiger partial charge on any atom is 0.416 e. The summed E-state index contributed by atoms with van der Waals surface area (Å²) in [6.07, 6.45) is 12.1. The molecule has 4 aliphatic heterocycles. The predicted octanol–water partition coefficient (Wildman–Crippen LogP) is 7.05. The van der Waals surface area contributed by atoms with Crippen LogP contribution >= 0.6 is 22.6 Å². The Balaban J connectivity index is 1.04. The molecule has 0 spiro atoms. The van der Waals surface area contributed by atoms with Crippen molar-refractivity contribution in [1.82, 2.24) is 15.1 Å². The Morgan fingerprint density at radius 1 is 0.875 bits per heavy atom. The topological polar surface area (TPSA) is 177 Å². The monoisotopic (exact) mass is 983 g/mol. The van der Waals surface area contributed by atoms with Gasteiger partial charge in [0.25, 0.3) is 11.8 Å². The first-order valence-corrected chi connectivity index (χ1v) is 22.5. The second kappa shape index (κ2) is 20.5. The number of aliphatic hydroxyl groups is 1. The summed E-state index contributed by atoms with van der Waals surface area (Å²) in [6.45, 7) is 5.87. The third kappa shape index (κ3) is 10.1. The first kappa shape index (κ1) is 45.7. The van der Waals surface area contributed by atoms with Crippen molar-refractivity contribution in [3.05, 3.63) is 124 Å². The average Bonchev–Trinajstić information content (AvgIpc) is 3.87. The van der Waals surface area contributed by atoms with Crippen LogP contribution in [0.4, 0.5) is 16.2 Å². The SMILES string of the molecule is C/C=C/C1=CN2C(=O)c3cc(C)c(OCCCOc4cc5c(cc4OC)C(=O)N4C=C(/C=C/C)C[C@H]4[C@H](O)N5C(=O)OCc4ccc(CC(=O)CNC(=O)CI)cc4)cc3N=C[C@@H]2C1. The molecule has 0 fully saturated rings. The molecule has 0 aliphatic carbocycles. The minimum Gasteiger partial charge on any atom is -0.493 e. The second-order valence-electron chi connectivity index (χ2n) is 15.6. The number of amides is 4. The molecule has 4 heterocycles. The molecule has 0 saturated carbocycles. The van der Waals surface area contributed by atoms with Crippen LogP contribution in [0.15, 0.2) is 101 Å². The second-order valence-corrected chi connectivity index (χ2v) is 16.4. The number of nitrogens with zero attached hydrogens (tertiary/aromatic N) is 4. The Morgan fingerprint density at radius 3 is 2.25 bits per heavy atom. The van der Waals surface area contributed by atoms with Crippen molar-refractivity contribution >= 4 is 69.8 Å². The van der Waals surface area contributed by atoms with Gasteiger partial charge in [-0.1, -0.05) is 71.2 Å². The van der Waals surface area contributed by atoms with Gasteiger partial charge in [0, 0.05) is 43.6 Å². The highest BCUT2D eigenvalue weighted by Crippen LogP contribution is 2.42. The highest BCUT2D eigenvalue weighted by molar-refractivity contribution is 14.1. The number of ketones is 1. The summed E-state index contributed by atoms with van der Waals surface area (Å²) in [7, 11) is 1.45. The van der Waals surface area contributed by atoms with E-state index in [1.165, 1.54) is 24.1 Å². The van der Waals surface area contributed by atoms with E-state index in [9.17, 15) is 29.1 Å². The summed E-state index contributed by atoms with van der Waals surface area (Å²) in [5.74, 6) is 0.149. The number of allylic oxidation sites excluding steroid dienone is 4. The lowest BCUT2D eigenvalue weighted by molar-refractivity contribution is -0.123. The van der Waals surface area contributed by atoms with Crippen LogP contribution in [-0.4, -0.2) is 100 Å². The number of halogens is 1. The number of hydrogen-bond donors (Lipinski definition) is 2. The lowest BCUT2D eigenvalue weighted by atomic mass is 10.1. The van der Waals surface area contributed by atoms with Crippen LogP contribution in [-0.2, 0) is 27.4 Å². The summed E-state index contributed by atoms with van der Waals surface area (Å²) in [6, 6.07) is 12.6. The molecule has 4 amide bonds. The first-order valence-electron chi connectivity index (χ1n) is 21.0. The summed E-state index contributed by atoms with van der Waals surface area (Å²) in [5.41, 5.74) is 5.24. The number of hydrogen-bond acceptors (Lipinski definition) is 11. The van der Waals surface area contributed by atoms with Gasteiger partial charge in [-0.2, -0.15) is 0 Å². The van der Waals surface area contributed by atoms with Gasteiger partial charge >= 0.3 is 6.09 Å². The summed E-state index contributed by atoms with van der Waals surface area (Å²) < 4.78 is 24.1. The van der Waals surface area contributed by atoms with E-state index in [4.69, 9.17) is 18.9 Å². The van der Waals surface area contributed by atoms with Crippen LogP contribution in [0.2, 0.25) is 0 Å². The minimum absolute atomic E-state index is 0.0619. The molecule has 334 valence electrons. The molecule has 64 heavy (non-hydrogen) atoms. The largest absolute Gasteiger partial charge is 0.493 e. The van der Waals surface area contributed by atoms with Crippen molar-refractivity contribution in [3.63, 3.8) is 0 Å². The van der Waals surface area contributed by atoms with Crippen molar-refractivity contribution in [2.75, 3.05) is 36.2 Å². The van der Waals surface area contributed by atoms with Crippen LogP contribution in [0.3, 0.4) is 0 Å². The molecule has 15 nitrogen and oxygen atoms in total. The fourth-order valence-corrected chi connectivity index (χ4v) is 8.24. The molecule has 16 heteroatoms. The molecule has 0 unspecified atom stereocenters. The molecule has 2 N–H and O–H groups in total. The third-order valence-corrected chi connectivity index (χ3v) is 11.8. The number of aliphatic imine (C=N–C) groups is 1. The van der Waals surface area contributed by atoms with Gasteiger partial charge in [-0.25, -0.2) is 9.69 Å². The predicted molar refractivity (Wildman–Crippen MR) is 249 cm³/mol. The number of anilines is 1. The lowest BCUT2D eigenvalue weighted by Gasteiger charge is -2.31. The molecular weight excluding hydrogens is 933 g/mol. The van der Waals surface area contributed by atoms with Crippen molar-refractivity contribution in [2.24, 2.45) is 4.99 Å². The van der Waals surface area contributed by atoms with E-state index in [1.807, 2.05) is 73.9 Å². The Bertz CT molecular complexity index is 2480. The van der Waals surface area contributed by atoms with Gasteiger partial charge < -0.3 is 39.2 Å². The number of aliphatic hydroxyl groups excluding tert-OH is 1. The van der Waals surface area contributed by atoms with Gasteiger partial charge in [-0.3, -0.25) is 24.2 Å². The number of carbonyl (C=O) groups excluding carboxylic acids is 5. The normalized spacial score (nSPS) is 18.8. The number of rotatable bonds is 16. The standard InChI is InChI=1S/C48H50IN5O10/c1-5-8-32-17-34-24-50-38-21-41(29(3)16-36(38)45(57)52(34)26-32)62-14-7-15-63-43-22-39-37(20-42(43)61-4)46(58)53-27-33(9-6-2)19-40(53)47(59)54(39)48(60)64-28-31-12-10-30(11-13-31)18-35(55)25-51-44(56)23-49/h5-6,8-13,16,20-22,24,26-27,34,40,47,59H,7,14-15,17-19,23,25,28H2,1-4H3,(H,51,56)/b8-5+,9-6+/t34-,40-,47-/m0/s1. The molecule has 0 radical (unpaired) electrons. The number of Topliss-reactive ketones (excluding diaryl/α,β-unsaturated/α-hetero) is 1. The van der Waals surface area contributed by atoms with Crippen LogP contribution in [0.1, 0.15) is 70.5 Å². The van der Waals surface area contributed by atoms with Crippen LogP contribution in [0.25, 0.3) is 0 Å². The Morgan fingerprint density at radius 2 is 1.55 bits per heavy atom. The number of carbonyl (C=O) groups is 5. The van der Waals surface area contributed by atoms with Gasteiger partial charge in [0.1, 0.15) is 12.4 Å². The Hall–Kier alpha value is -6.27. The number of ether oxygens (including phenoxy) is 4. The first-order chi connectivity index (χ1) is 30.9. The van der Waals surface area contributed by atoms with Gasteiger partial charge in [0.2, 0.25) is 5.91 Å². The molecule has 3 aromatic rings. The molecule has 0 saturated heterocycles. The number of methoxy groups -OCH3 is 1. The van der Waals surface area contributed by atoms with E-state index in [0.717, 1.165) is 27.2 Å². The highest BCUT2D eigenvalue weighted by Gasteiger charge is 2.45. The fraction of sp³-hybridized carbons (Fsp3) is 0.333. The minimum atomic E-state index is -1.50. The van der Waals surface area contributed by atoms with Gasteiger partial charge in [-0.05, 0) is 73.6 Å². The van der Waals surface area contributed by atoms with E-state index >= 15 is 0 Å². The summed E-state index contributed by atoms with van der Waals surface area (Å²) >= 11 is 1.93. The zero-order valence-corrected chi connectivity index (χ0v) is 38.2. The zero-order valence-electron chi connectivity index (χ0n) is 36.0. The fourth-order valence-electron chi connectivity index (χ4n) is 7.97. The summed E-state index contributed by atoms with van der Waals surface area (Å²) in [5, 5.41) is 14.5. The Labute approximate surface area is 385 Å². The van der Waals surface area contributed by atoms with Crippen LogP contribution in [0.5, 0.6) is 17.2 Å². The molecule has 0 bridgehead atoms. The molecule has 4 aliphatic rings. The molecule has 0 aromatic heterocycles. The van der Waals surface area contributed by atoms with Crippen molar-refractivity contribution in [3.8, 4) is 17.2 Å². The molecule has 3 aromatic carbocycles. The molecule has 7 rings (SSSR count).